The molecule has 1 aliphatic rings. The first-order chi connectivity index (χ1) is 6.28. The molecule has 0 spiro atoms. The minimum Gasteiger partial charge on any atom is -0.258 e. The van der Waals surface area contributed by atoms with E-state index in [0.717, 1.165) is 7.05 Å². The van der Waals surface area contributed by atoms with Gasteiger partial charge in [-0.1, -0.05) is 0 Å². The summed E-state index contributed by atoms with van der Waals surface area (Å²) in [6, 6.07) is -2.38. The van der Waals surface area contributed by atoms with Gasteiger partial charge in [0.1, 0.15) is 0 Å². The fourth-order valence-corrected chi connectivity index (χ4v) is 2.37. The SMILES string of the molecule is CC(C)N1C(=O)NC(=O)N(C)S1(=O)=O. The van der Waals surface area contributed by atoms with Crippen LogP contribution in [0.4, 0.5) is 9.59 Å². The maximum atomic E-state index is 11.5. The van der Waals surface area contributed by atoms with Gasteiger partial charge in [0, 0.05) is 13.1 Å². The molecule has 0 radical (unpaired) electrons. The van der Waals surface area contributed by atoms with Crippen LogP contribution >= 0.6 is 0 Å². The van der Waals surface area contributed by atoms with Gasteiger partial charge in [0.2, 0.25) is 0 Å². The maximum absolute atomic E-state index is 11.5. The van der Waals surface area contributed by atoms with Crippen molar-refractivity contribution in [3.05, 3.63) is 0 Å². The zero-order valence-corrected chi connectivity index (χ0v) is 8.83. The van der Waals surface area contributed by atoms with Crippen LogP contribution in [-0.4, -0.2) is 42.2 Å². The van der Waals surface area contributed by atoms with Gasteiger partial charge < -0.3 is 0 Å². The van der Waals surface area contributed by atoms with Crippen molar-refractivity contribution in [2.24, 2.45) is 0 Å². The van der Waals surface area contributed by atoms with Gasteiger partial charge in [-0.3, -0.25) is 5.32 Å². The molecule has 0 aromatic heterocycles. The molecule has 4 amide bonds. The highest BCUT2D eigenvalue weighted by atomic mass is 32.2. The molecule has 1 fully saturated rings. The quantitative estimate of drug-likeness (QED) is 0.659. The Morgan fingerprint density at radius 3 is 2.14 bits per heavy atom. The van der Waals surface area contributed by atoms with Gasteiger partial charge in [-0.05, 0) is 13.8 Å². The lowest BCUT2D eigenvalue weighted by molar-refractivity contribution is 0.193. The molecule has 1 saturated heterocycles. The predicted molar refractivity (Wildman–Crippen MR) is 47.6 cm³/mol. The molecule has 14 heavy (non-hydrogen) atoms. The highest BCUT2D eigenvalue weighted by Gasteiger charge is 2.42. The second-order valence-corrected chi connectivity index (χ2v) is 4.94. The second kappa shape index (κ2) is 3.12. The van der Waals surface area contributed by atoms with Gasteiger partial charge >= 0.3 is 22.3 Å². The normalized spacial score (nSPS) is 21.4. The molecule has 0 aromatic carbocycles. The van der Waals surface area contributed by atoms with E-state index in [-0.39, 0.29) is 0 Å². The third kappa shape index (κ3) is 1.41. The van der Waals surface area contributed by atoms with Crippen molar-refractivity contribution in [3.8, 4) is 0 Å². The summed E-state index contributed by atoms with van der Waals surface area (Å²) in [4.78, 5) is 22.2. The molecule has 0 saturated carbocycles. The third-order valence-electron chi connectivity index (χ3n) is 1.76. The molecule has 1 aliphatic heterocycles. The monoisotopic (exact) mass is 221 g/mol. The summed E-state index contributed by atoms with van der Waals surface area (Å²) >= 11 is 0. The zero-order chi connectivity index (χ0) is 11.1. The minimum atomic E-state index is -3.99. The summed E-state index contributed by atoms with van der Waals surface area (Å²) in [5.74, 6) is 0. The minimum absolute atomic E-state index is 0.494. The van der Waals surface area contributed by atoms with E-state index in [1.54, 1.807) is 13.8 Å². The highest BCUT2D eigenvalue weighted by Crippen LogP contribution is 2.15. The van der Waals surface area contributed by atoms with E-state index in [4.69, 9.17) is 0 Å². The number of carbonyl (C=O) groups is 2. The molecule has 80 valence electrons. The number of carbonyl (C=O) groups excluding carboxylic acids is 2. The van der Waals surface area contributed by atoms with E-state index < -0.39 is 28.3 Å². The van der Waals surface area contributed by atoms with Crippen LogP contribution in [0.3, 0.4) is 0 Å². The van der Waals surface area contributed by atoms with Crippen molar-refractivity contribution in [2.75, 3.05) is 7.05 Å². The number of urea groups is 2. The van der Waals surface area contributed by atoms with Crippen LogP contribution in [0.1, 0.15) is 13.8 Å². The summed E-state index contributed by atoms with van der Waals surface area (Å²) in [6.07, 6.45) is 0. The van der Waals surface area contributed by atoms with Crippen LogP contribution in [0.15, 0.2) is 0 Å². The molecule has 8 heteroatoms. The number of nitrogens with zero attached hydrogens (tertiary/aromatic N) is 2. The van der Waals surface area contributed by atoms with Crippen molar-refractivity contribution in [3.63, 3.8) is 0 Å². The molecule has 0 aliphatic carbocycles. The smallest absolute Gasteiger partial charge is 0.258 e. The van der Waals surface area contributed by atoms with Gasteiger partial charge in [0.05, 0.1) is 0 Å². The molecular weight excluding hydrogens is 210 g/mol. The van der Waals surface area contributed by atoms with Crippen LogP contribution in [0.5, 0.6) is 0 Å². The fraction of sp³-hybridized carbons (Fsp3) is 0.667. The van der Waals surface area contributed by atoms with Crippen LogP contribution in [0.2, 0.25) is 0 Å². The number of hydrogen-bond acceptors (Lipinski definition) is 4. The first-order valence-electron chi connectivity index (χ1n) is 3.91. The lowest BCUT2D eigenvalue weighted by Gasteiger charge is -2.34. The highest BCUT2D eigenvalue weighted by molar-refractivity contribution is 7.88. The van der Waals surface area contributed by atoms with Gasteiger partial charge in [-0.2, -0.15) is 8.42 Å². The predicted octanol–water partition coefficient (Wildman–Crippen LogP) is -0.283. The van der Waals surface area contributed by atoms with Crippen LogP contribution in [0.25, 0.3) is 0 Å². The van der Waals surface area contributed by atoms with Crippen molar-refractivity contribution >= 4 is 22.3 Å². The first kappa shape index (κ1) is 10.8. The molecule has 7 nitrogen and oxygen atoms in total. The summed E-state index contributed by atoms with van der Waals surface area (Å²) in [5, 5.41) is 1.91. The topological polar surface area (TPSA) is 86.8 Å². The number of nitrogens with one attached hydrogen (secondary N) is 1. The van der Waals surface area contributed by atoms with Crippen LogP contribution in [0, 0.1) is 0 Å². The fourth-order valence-electron chi connectivity index (χ4n) is 1.07. The van der Waals surface area contributed by atoms with E-state index in [9.17, 15) is 18.0 Å². The van der Waals surface area contributed by atoms with Crippen LogP contribution in [-0.2, 0) is 10.2 Å². The molecule has 1 heterocycles. The standard InChI is InChI=1S/C6H11N3O4S/c1-4(2)9-6(11)7-5(10)8(3)14(9,12)13/h4H,1-3H3,(H,7,10,11). The van der Waals surface area contributed by atoms with Crippen LogP contribution < -0.4 is 5.32 Å². The Morgan fingerprint density at radius 2 is 1.71 bits per heavy atom. The van der Waals surface area contributed by atoms with Gasteiger partial charge in [-0.25, -0.2) is 18.2 Å². The molecule has 1 N–H and O–H groups in total. The zero-order valence-electron chi connectivity index (χ0n) is 8.01. The lowest BCUT2D eigenvalue weighted by atomic mass is 10.4. The molecule has 0 bridgehead atoms. The summed E-state index contributed by atoms with van der Waals surface area (Å²) < 4.78 is 24.2. The Morgan fingerprint density at radius 1 is 1.21 bits per heavy atom. The molecule has 0 aromatic rings. The molecular formula is C6H11N3O4S. The number of hydrogen-bond donors (Lipinski definition) is 1. The Hall–Kier alpha value is -1.31. The van der Waals surface area contributed by atoms with Gasteiger partial charge in [0.25, 0.3) is 0 Å². The Labute approximate surface area is 81.8 Å². The number of amides is 4. The van der Waals surface area contributed by atoms with Crippen molar-refractivity contribution in [2.45, 2.75) is 19.9 Å². The average molecular weight is 221 g/mol. The first-order valence-corrected chi connectivity index (χ1v) is 5.31. The Bertz CT molecular complexity index is 375. The summed E-state index contributed by atoms with van der Waals surface area (Å²) in [6.45, 7) is 3.08. The van der Waals surface area contributed by atoms with Gasteiger partial charge in [-0.15, -0.1) is 0 Å². The molecule has 0 atom stereocenters. The Balaban J connectivity index is 3.19. The van der Waals surface area contributed by atoms with Crippen molar-refractivity contribution in [1.29, 1.82) is 0 Å². The van der Waals surface area contributed by atoms with Crippen molar-refractivity contribution < 1.29 is 18.0 Å². The van der Waals surface area contributed by atoms with E-state index in [0.29, 0.717) is 8.61 Å². The Kier molecular flexibility index (Phi) is 2.40. The van der Waals surface area contributed by atoms with E-state index in [1.165, 1.54) is 0 Å². The van der Waals surface area contributed by atoms with Crippen molar-refractivity contribution in [1.82, 2.24) is 13.9 Å². The summed E-state index contributed by atoms with van der Waals surface area (Å²) in [5.41, 5.74) is 0. The number of imide groups is 1. The maximum Gasteiger partial charge on any atom is 0.340 e. The van der Waals surface area contributed by atoms with E-state index in [2.05, 4.69) is 0 Å². The third-order valence-corrected chi connectivity index (χ3v) is 3.71. The molecule has 1 rings (SSSR count). The molecule has 0 unspecified atom stereocenters. The second-order valence-electron chi connectivity index (χ2n) is 3.10. The average Bonchev–Trinajstić information content (AvgIpc) is 1.98. The van der Waals surface area contributed by atoms with Gasteiger partial charge in [0.15, 0.2) is 0 Å². The number of rotatable bonds is 1. The summed E-state index contributed by atoms with van der Waals surface area (Å²) in [7, 11) is -2.91. The lowest BCUT2D eigenvalue weighted by Crippen LogP contribution is -2.62. The van der Waals surface area contributed by atoms with E-state index in [1.807, 2.05) is 5.32 Å². The largest absolute Gasteiger partial charge is 0.340 e. The van der Waals surface area contributed by atoms with E-state index >= 15 is 0 Å².